The van der Waals surface area contributed by atoms with E-state index in [4.69, 9.17) is 0 Å². The van der Waals surface area contributed by atoms with Crippen LogP contribution in [0.4, 0.5) is 0 Å². The average Bonchev–Trinajstić information content (AvgIpc) is 2.48. The van der Waals surface area contributed by atoms with Gasteiger partial charge in [-0.15, -0.1) is 0 Å². The summed E-state index contributed by atoms with van der Waals surface area (Å²) < 4.78 is 0. The predicted molar refractivity (Wildman–Crippen MR) is 60.6 cm³/mol. The van der Waals surface area contributed by atoms with Crippen molar-refractivity contribution in [2.75, 3.05) is 0 Å². The SMILES string of the molecule is O=C1C2=CC=CCC=C2c2ccccc21. The molecule has 0 N–H and O–H groups in total. The van der Waals surface area contributed by atoms with Crippen LogP contribution in [0.15, 0.2) is 54.1 Å². The Morgan fingerprint density at radius 2 is 1.80 bits per heavy atom. The molecule has 0 fully saturated rings. The Hall–Kier alpha value is -1.89. The van der Waals surface area contributed by atoms with Crippen molar-refractivity contribution < 1.29 is 4.79 Å². The van der Waals surface area contributed by atoms with Gasteiger partial charge in [0.25, 0.3) is 0 Å². The normalized spacial score (nSPS) is 17.7. The maximum Gasteiger partial charge on any atom is 0.194 e. The maximum atomic E-state index is 12.0. The molecule has 1 heteroatoms. The van der Waals surface area contributed by atoms with Crippen LogP contribution < -0.4 is 0 Å². The van der Waals surface area contributed by atoms with Gasteiger partial charge >= 0.3 is 0 Å². The maximum absolute atomic E-state index is 12.0. The fraction of sp³-hybridized carbons (Fsp3) is 0.0714. The van der Waals surface area contributed by atoms with Crippen LogP contribution in [0.2, 0.25) is 0 Å². The molecule has 0 spiro atoms. The molecule has 2 aliphatic rings. The third-order valence-electron chi connectivity index (χ3n) is 2.85. The van der Waals surface area contributed by atoms with Crippen LogP contribution >= 0.6 is 0 Å². The Balaban J connectivity index is 2.30. The van der Waals surface area contributed by atoms with Crippen molar-refractivity contribution >= 4 is 11.4 Å². The average molecular weight is 194 g/mol. The highest BCUT2D eigenvalue weighted by Crippen LogP contribution is 2.37. The number of fused-ring (bicyclic) bond motifs is 3. The summed E-state index contributed by atoms with van der Waals surface area (Å²) in [6, 6.07) is 7.82. The summed E-state index contributed by atoms with van der Waals surface area (Å²) in [5.74, 6) is 0.156. The van der Waals surface area contributed by atoms with E-state index in [9.17, 15) is 4.79 Å². The summed E-state index contributed by atoms with van der Waals surface area (Å²) in [6.07, 6.45) is 8.97. The van der Waals surface area contributed by atoms with E-state index >= 15 is 0 Å². The summed E-state index contributed by atoms with van der Waals surface area (Å²) >= 11 is 0. The molecular formula is C14H10O. The highest BCUT2D eigenvalue weighted by atomic mass is 16.1. The summed E-state index contributed by atoms with van der Waals surface area (Å²) in [6.45, 7) is 0. The van der Waals surface area contributed by atoms with E-state index in [1.165, 1.54) is 0 Å². The Labute approximate surface area is 88.4 Å². The molecule has 1 aromatic rings. The van der Waals surface area contributed by atoms with Crippen molar-refractivity contribution in [3.63, 3.8) is 0 Å². The molecule has 0 unspecified atom stereocenters. The van der Waals surface area contributed by atoms with Gasteiger partial charge in [-0.1, -0.05) is 48.6 Å². The number of ketones is 1. The Morgan fingerprint density at radius 1 is 1.00 bits per heavy atom. The van der Waals surface area contributed by atoms with Crippen LogP contribution in [0, 0.1) is 0 Å². The highest BCUT2D eigenvalue weighted by Gasteiger charge is 2.28. The number of Topliss-reactive ketones (excluding diaryl/α,β-unsaturated/α-hetero) is 1. The number of hydrogen-bond donors (Lipinski definition) is 0. The molecule has 3 rings (SSSR count). The lowest BCUT2D eigenvalue weighted by molar-refractivity contribution is 0.104. The number of carbonyl (C=O) groups excluding carboxylic acids is 1. The topological polar surface area (TPSA) is 17.1 Å². The van der Waals surface area contributed by atoms with Crippen LogP contribution in [-0.4, -0.2) is 5.78 Å². The molecular weight excluding hydrogens is 184 g/mol. The first-order valence-electron chi connectivity index (χ1n) is 5.09. The number of carbonyl (C=O) groups is 1. The molecule has 0 aliphatic heterocycles. The van der Waals surface area contributed by atoms with E-state index in [2.05, 4.69) is 12.2 Å². The van der Waals surface area contributed by atoms with Gasteiger partial charge in [-0.3, -0.25) is 4.79 Å². The molecule has 0 aromatic heterocycles. The third-order valence-corrected chi connectivity index (χ3v) is 2.85. The van der Waals surface area contributed by atoms with E-state index in [1.54, 1.807) is 0 Å². The number of allylic oxidation sites excluding steroid dienone is 6. The first kappa shape index (κ1) is 8.42. The molecule has 0 bridgehead atoms. The number of benzene rings is 1. The smallest absolute Gasteiger partial charge is 0.194 e. The molecule has 1 nitrogen and oxygen atoms in total. The molecule has 0 saturated heterocycles. The highest BCUT2D eigenvalue weighted by molar-refractivity contribution is 6.26. The molecule has 1 aromatic carbocycles. The van der Waals surface area contributed by atoms with Crippen molar-refractivity contribution in [3.05, 3.63) is 65.3 Å². The summed E-state index contributed by atoms with van der Waals surface area (Å²) in [5.41, 5.74) is 3.85. The lowest BCUT2D eigenvalue weighted by Crippen LogP contribution is -1.93. The minimum atomic E-state index is 0.156. The standard InChI is InChI=1S/C14H10O/c15-14-12-8-3-1-2-6-10(12)11-7-4-5-9-13(11)14/h1,3-9H,2H2. The van der Waals surface area contributed by atoms with Gasteiger partial charge in [-0.2, -0.15) is 0 Å². The molecule has 0 atom stereocenters. The zero-order chi connectivity index (χ0) is 10.3. The molecule has 15 heavy (non-hydrogen) atoms. The lowest BCUT2D eigenvalue weighted by atomic mass is 10.1. The first-order valence-corrected chi connectivity index (χ1v) is 5.09. The van der Waals surface area contributed by atoms with E-state index < -0.39 is 0 Å². The van der Waals surface area contributed by atoms with Gasteiger partial charge in [0.1, 0.15) is 0 Å². The van der Waals surface area contributed by atoms with E-state index in [-0.39, 0.29) is 5.78 Å². The van der Waals surface area contributed by atoms with Gasteiger partial charge in [-0.25, -0.2) is 0 Å². The number of rotatable bonds is 0. The minimum Gasteiger partial charge on any atom is -0.289 e. The quantitative estimate of drug-likeness (QED) is 0.620. The van der Waals surface area contributed by atoms with E-state index in [1.807, 2.05) is 36.4 Å². The van der Waals surface area contributed by atoms with Crippen molar-refractivity contribution in [3.8, 4) is 0 Å². The molecule has 72 valence electrons. The van der Waals surface area contributed by atoms with Gasteiger partial charge < -0.3 is 0 Å². The largest absolute Gasteiger partial charge is 0.289 e. The van der Waals surface area contributed by atoms with Crippen LogP contribution in [0.5, 0.6) is 0 Å². The zero-order valence-electron chi connectivity index (χ0n) is 8.23. The van der Waals surface area contributed by atoms with Crippen molar-refractivity contribution in [1.82, 2.24) is 0 Å². The van der Waals surface area contributed by atoms with Crippen molar-refractivity contribution in [1.29, 1.82) is 0 Å². The van der Waals surface area contributed by atoms with Gasteiger partial charge in [0.15, 0.2) is 5.78 Å². The van der Waals surface area contributed by atoms with Gasteiger partial charge in [-0.05, 0) is 17.6 Å². The fourth-order valence-electron chi connectivity index (χ4n) is 2.14. The molecule has 2 aliphatic carbocycles. The van der Waals surface area contributed by atoms with Crippen molar-refractivity contribution in [2.45, 2.75) is 6.42 Å². The second-order valence-corrected chi connectivity index (χ2v) is 3.74. The van der Waals surface area contributed by atoms with Gasteiger partial charge in [0.05, 0.1) is 0 Å². The molecule has 0 radical (unpaired) electrons. The minimum absolute atomic E-state index is 0.156. The lowest BCUT2D eigenvalue weighted by Gasteiger charge is -1.98. The fourth-order valence-corrected chi connectivity index (χ4v) is 2.14. The monoisotopic (exact) mass is 194 g/mol. The van der Waals surface area contributed by atoms with E-state index in [0.717, 1.165) is 28.7 Å². The van der Waals surface area contributed by atoms with Crippen LogP contribution in [0.25, 0.3) is 5.57 Å². The van der Waals surface area contributed by atoms with Crippen LogP contribution in [0.1, 0.15) is 22.3 Å². The van der Waals surface area contributed by atoms with Gasteiger partial charge in [0, 0.05) is 11.1 Å². The third kappa shape index (κ3) is 1.13. The van der Waals surface area contributed by atoms with E-state index in [0.29, 0.717) is 0 Å². The van der Waals surface area contributed by atoms with Crippen LogP contribution in [0.3, 0.4) is 0 Å². The Bertz CT molecular complexity index is 530. The molecule has 0 saturated carbocycles. The predicted octanol–water partition coefficient (Wildman–Crippen LogP) is 3.15. The Kier molecular flexibility index (Phi) is 1.72. The van der Waals surface area contributed by atoms with Gasteiger partial charge in [0.2, 0.25) is 0 Å². The summed E-state index contributed by atoms with van der Waals surface area (Å²) in [5, 5.41) is 0. The molecule has 0 heterocycles. The first-order chi connectivity index (χ1) is 7.38. The zero-order valence-corrected chi connectivity index (χ0v) is 8.23. The van der Waals surface area contributed by atoms with Crippen LogP contribution in [-0.2, 0) is 0 Å². The Morgan fingerprint density at radius 3 is 2.67 bits per heavy atom. The summed E-state index contributed by atoms with van der Waals surface area (Å²) in [7, 11) is 0. The number of hydrogen-bond acceptors (Lipinski definition) is 1. The summed E-state index contributed by atoms with van der Waals surface area (Å²) in [4.78, 5) is 12.0. The second kappa shape index (κ2) is 3.06. The van der Waals surface area contributed by atoms with Crippen molar-refractivity contribution in [2.24, 2.45) is 0 Å². The second-order valence-electron chi connectivity index (χ2n) is 3.74. The molecule has 0 amide bonds.